The molecule has 8 aliphatic rings. The van der Waals surface area contributed by atoms with Crippen molar-refractivity contribution in [1.29, 1.82) is 0 Å². The number of ether oxygens (including phenoxy) is 4. The molecule has 3 aromatic carbocycles. The first-order chi connectivity index (χ1) is 33.8. The molecule has 8 N–H and O–H groups in total. The summed E-state index contributed by atoms with van der Waals surface area (Å²) in [6, 6.07) is 18.4. The number of phenols is 1. The zero-order chi connectivity index (χ0) is 48.8. The number of β-amino-alcohol motifs (C(OH)–C–C–N with tert-alkyl or cyclic N) is 1. The number of carboxylic acid groups (broad SMARTS) is 1. The summed E-state index contributed by atoms with van der Waals surface area (Å²) in [5, 5.41) is 61.2. The Morgan fingerprint density at radius 2 is 1.83 bits per heavy atom. The lowest BCUT2D eigenvalue weighted by atomic mass is 9.63. The van der Waals surface area contributed by atoms with E-state index in [4.69, 9.17) is 24.7 Å². The van der Waals surface area contributed by atoms with Crippen molar-refractivity contribution < 1.29 is 58.9 Å². The number of aliphatic hydroxyl groups is 3. The second-order valence-corrected chi connectivity index (χ2v) is 20.8. The van der Waals surface area contributed by atoms with Gasteiger partial charge in [0.1, 0.15) is 35.1 Å². The summed E-state index contributed by atoms with van der Waals surface area (Å²) in [5.41, 5.74) is 3.10. The third kappa shape index (κ3) is 8.24. The van der Waals surface area contributed by atoms with Crippen LogP contribution < -0.4 is 20.5 Å². The van der Waals surface area contributed by atoms with Gasteiger partial charge in [0.15, 0.2) is 17.0 Å². The number of carbonyl (C=O) groups excluding carboxylic acids is 2. The molecule has 15 nitrogen and oxygen atoms in total. The van der Waals surface area contributed by atoms with E-state index in [0.717, 1.165) is 36.1 Å². The van der Waals surface area contributed by atoms with Gasteiger partial charge in [-0.2, -0.15) is 0 Å². The number of allylic oxidation sites excluding steroid dienone is 5. The molecule has 2 fully saturated rings. The molecular weight excluding hydrogens is 935 g/mol. The van der Waals surface area contributed by atoms with Crippen LogP contribution in [0.4, 0.5) is 0 Å². The number of ketones is 1. The number of aromatic hydroxyl groups is 1. The van der Waals surface area contributed by atoms with Crippen molar-refractivity contribution in [2.24, 2.45) is 28.5 Å². The summed E-state index contributed by atoms with van der Waals surface area (Å²) in [6.45, 7) is 0.310. The number of hydrogen-bond acceptors (Lipinski definition) is 15. The second-order valence-electron chi connectivity index (χ2n) is 18.4. The number of nitrogens with two attached hydrogens (primary N) is 1. The van der Waals surface area contributed by atoms with E-state index in [-0.39, 0.29) is 70.3 Å². The standard InChI is InChI=1S/C53H51N3O12S2/c54-47(60)46-44(33-14-16-35(57)17-15-33)45(59)39-19-18-36(24-42(39)67-46)66-50-52(64)28-56-26-40(31-7-3-1-2-6-30-10-12-32(13-11-31)38-9-5-4-8-37(30)38)41(34-21-23-55-25-34)27-69-70-29-65-53(52)43(58)20-22-51(68-50,48(53)61)49(62)63/h4-5,8-10,12-22,24-25,30-31,40-41,46,48,50,56-57,59,61,64H,2,6-7,11,23,26-29H2,(H2,54,60)(H,62,63). The van der Waals surface area contributed by atoms with Crippen molar-refractivity contribution in [3.05, 3.63) is 131 Å². The number of nitrogens with zero attached hydrogens (tertiary/aromatic N) is 1. The van der Waals surface area contributed by atoms with Crippen LogP contribution in [0.15, 0.2) is 114 Å². The van der Waals surface area contributed by atoms with Crippen LogP contribution in [0.5, 0.6) is 17.2 Å². The Kier molecular flexibility index (Phi) is 13.1. The molecule has 362 valence electrons. The second kappa shape index (κ2) is 19.2. The van der Waals surface area contributed by atoms with Crippen LogP contribution in [0, 0.1) is 29.6 Å². The Balaban J connectivity index is 1.03. The number of rotatable bonds is 7. The number of fused-ring (bicyclic) bond motifs is 8. The molecule has 4 aliphatic heterocycles. The van der Waals surface area contributed by atoms with Crippen molar-refractivity contribution in [1.82, 2.24) is 5.32 Å². The van der Waals surface area contributed by atoms with Gasteiger partial charge in [-0.25, -0.2) is 4.79 Å². The molecule has 17 heteroatoms. The van der Waals surface area contributed by atoms with Crippen molar-refractivity contribution in [3.8, 4) is 29.1 Å². The minimum atomic E-state index is -2.65. The van der Waals surface area contributed by atoms with E-state index >= 15 is 0 Å². The van der Waals surface area contributed by atoms with Gasteiger partial charge in [-0.1, -0.05) is 82.3 Å². The van der Waals surface area contributed by atoms with Crippen LogP contribution in [0.3, 0.4) is 0 Å². The van der Waals surface area contributed by atoms with Crippen LogP contribution >= 0.6 is 21.6 Å². The molecule has 10 atom stereocenters. The van der Waals surface area contributed by atoms with E-state index in [2.05, 4.69) is 70.7 Å². The van der Waals surface area contributed by atoms with Crippen molar-refractivity contribution in [2.75, 3.05) is 31.3 Å². The van der Waals surface area contributed by atoms with Gasteiger partial charge in [-0.05, 0) is 101 Å². The minimum Gasteiger partial charge on any atom is -0.508 e. The summed E-state index contributed by atoms with van der Waals surface area (Å²) in [5.74, 6) is 3.34. The summed E-state index contributed by atoms with van der Waals surface area (Å²) >= 11 is 0. The molecule has 1 amide bonds. The molecule has 1 spiro atoms. The lowest BCUT2D eigenvalue weighted by molar-refractivity contribution is -0.360. The number of amides is 1. The van der Waals surface area contributed by atoms with Gasteiger partial charge in [0, 0.05) is 43.3 Å². The Hall–Kier alpha value is -6.10. The van der Waals surface area contributed by atoms with Crippen molar-refractivity contribution >= 4 is 62.4 Å². The average molecular weight is 986 g/mol. The highest BCUT2D eigenvalue weighted by atomic mass is 33.1. The fraction of sp³-hybridized carbons (Fsp3) is 0.358. The number of primary amides is 1. The molecule has 4 bridgehead atoms. The molecule has 10 unspecified atom stereocenters. The van der Waals surface area contributed by atoms with E-state index in [0.29, 0.717) is 30.7 Å². The zero-order valence-corrected chi connectivity index (χ0v) is 39.4. The largest absolute Gasteiger partial charge is 0.508 e. The first-order valence-corrected chi connectivity index (χ1v) is 25.6. The number of aliphatic carboxylic acids is 1. The van der Waals surface area contributed by atoms with Gasteiger partial charge < -0.3 is 55.5 Å². The molecule has 0 aromatic heterocycles. The van der Waals surface area contributed by atoms with Gasteiger partial charge in [0.2, 0.25) is 18.0 Å². The van der Waals surface area contributed by atoms with E-state index in [1.807, 2.05) is 6.21 Å². The Labute approximate surface area is 411 Å². The first kappa shape index (κ1) is 47.6. The minimum absolute atomic E-state index is 0.0163. The van der Waals surface area contributed by atoms with E-state index in [1.165, 1.54) is 75.2 Å². The summed E-state index contributed by atoms with van der Waals surface area (Å²) in [6.07, 6.45) is 9.77. The summed E-state index contributed by atoms with van der Waals surface area (Å²) < 4.78 is 25.1. The van der Waals surface area contributed by atoms with Crippen molar-refractivity contribution in [3.63, 3.8) is 0 Å². The van der Waals surface area contributed by atoms with Gasteiger partial charge >= 0.3 is 5.97 Å². The van der Waals surface area contributed by atoms with Crippen LogP contribution in [0.1, 0.15) is 53.9 Å². The molecule has 0 saturated carbocycles. The van der Waals surface area contributed by atoms with Crippen LogP contribution in [-0.2, 0) is 23.9 Å². The number of nitrogens with one attached hydrogen (secondary N) is 1. The number of aliphatic hydroxyl groups excluding tert-OH is 2. The number of carboxylic acids is 1. The Morgan fingerprint density at radius 3 is 2.61 bits per heavy atom. The number of benzene rings is 3. The van der Waals surface area contributed by atoms with Crippen molar-refractivity contribution in [2.45, 2.75) is 66.9 Å². The van der Waals surface area contributed by atoms with E-state index < -0.39 is 59.5 Å². The highest BCUT2D eigenvalue weighted by Crippen LogP contribution is 2.52. The fourth-order valence-electron chi connectivity index (χ4n) is 10.8. The maximum absolute atomic E-state index is 14.5. The SMILES string of the molecule is NC(=O)C1Oc2cc(OC3OC4(C(=O)O)C=CC(=O)C5(OCSSCC(C6=CCN=C6)C(C6CC#CCCC7C=CC(=CC6)c6ccccc67)CNCC35O)C4O)ccc2C(O)=C1c1ccc(O)cc1. The summed E-state index contributed by atoms with van der Waals surface area (Å²) in [7, 11) is 2.75. The number of phenolic OH excluding ortho intramolecular Hbond substituents is 1. The lowest BCUT2D eigenvalue weighted by Gasteiger charge is -2.59. The van der Waals surface area contributed by atoms with Crippen LogP contribution in [-0.4, -0.2) is 116 Å². The van der Waals surface area contributed by atoms with Gasteiger partial charge in [-0.15, -0.1) is 11.8 Å². The predicted octanol–water partition coefficient (Wildman–Crippen LogP) is 5.73. The van der Waals surface area contributed by atoms with Gasteiger partial charge in [-0.3, -0.25) is 14.6 Å². The van der Waals surface area contributed by atoms with Crippen LogP contribution in [0.2, 0.25) is 0 Å². The molecule has 0 radical (unpaired) electrons. The molecule has 11 rings (SSSR count). The third-order valence-electron chi connectivity index (χ3n) is 14.5. The molecule has 3 aromatic rings. The lowest BCUT2D eigenvalue weighted by Crippen LogP contribution is -2.85. The number of aliphatic imine (C=N–C) groups is 1. The average Bonchev–Trinajstić information content (AvgIpc) is 3.88. The number of hydrogen-bond donors (Lipinski definition) is 7. The molecular formula is C53H51N3O12S2. The zero-order valence-electron chi connectivity index (χ0n) is 37.7. The number of carbonyl (C=O) groups is 3. The molecule has 4 heterocycles. The Morgan fingerprint density at radius 1 is 1.00 bits per heavy atom. The summed E-state index contributed by atoms with van der Waals surface area (Å²) in [4.78, 5) is 45.1. The maximum atomic E-state index is 14.5. The normalized spacial score (nSPS) is 32.7. The van der Waals surface area contributed by atoms with E-state index in [1.54, 1.807) is 0 Å². The van der Waals surface area contributed by atoms with E-state index in [9.17, 15) is 39.9 Å². The van der Waals surface area contributed by atoms with Gasteiger partial charge in [0.25, 0.3) is 5.91 Å². The smallest absolute Gasteiger partial charge is 0.343 e. The third-order valence-corrected chi connectivity index (χ3v) is 16.6. The van der Waals surface area contributed by atoms with Gasteiger partial charge in [0.05, 0.1) is 17.7 Å². The predicted molar refractivity (Wildman–Crippen MR) is 265 cm³/mol. The highest BCUT2D eigenvalue weighted by molar-refractivity contribution is 8.76. The molecule has 2 saturated heterocycles. The highest BCUT2D eigenvalue weighted by Gasteiger charge is 2.77. The molecule has 70 heavy (non-hydrogen) atoms. The fourth-order valence-corrected chi connectivity index (χ4v) is 12.9. The molecule has 4 aliphatic carbocycles. The maximum Gasteiger partial charge on any atom is 0.343 e. The van der Waals surface area contributed by atoms with Crippen LogP contribution in [0.25, 0.3) is 16.9 Å². The Bertz CT molecular complexity index is 2870. The monoisotopic (exact) mass is 985 g/mol. The topological polar surface area (TPSA) is 240 Å². The first-order valence-electron chi connectivity index (χ1n) is 23.1. The quantitative estimate of drug-likeness (QED) is 0.111.